The predicted octanol–water partition coefficient (Wildman–Crippen LogP) is 7.29. The van der Waals surface area contributed by atoms with E-state index in [1.807, 2.05) is 0 Å². The van der Waals surface area contributed by atoms with Gasteiger partial charge in [0.2, 0.25) is 0 Å². The first-order valence-corrected chi connectivity index (χ1v) is 13.1. The van der Waals surface area contributed by atoms with Crippen molar-refractivity contribution in [2.24, 2.45) is 11.8 Å². The van der Waals surface area contributed by atoms with Gasteiger partial charge in [-0.1, -0.05) is 103 Å². The van der Waals surface area contributed by atoms with Crippen LogP contribution in [-0.4, -0.2) is 33.2 Å². The molecular formula is C26H48O6. The van der Waals surface area contributed by atoms with E-state index in [1.165, 1.54) is 70.6 Å². The zero-order valence-corrected chi connectivity index (χ0v) is 20.4. The van der Waals surface area contributed by atoms with Crippen LogP contribution in [0.4, 0.5) is 0 Å². The maximum absolute atomic E-state index is 11.5. The number of carbonyl (C=O) groups is 3. The highest BCUT2D eigenvalue weighted by molar-refractivity contribution is 5.72. The molecule has 0 aromatic heterocycles. The van der Waals surface area contributed by atoms with Gasteiger partial charge in [-0.25, -0.2) is 0 Å². The summed E-state index contributed by atoms with van der Waals surface area (Å²) >= 11 is 0. The standard InChI is InChI=1S/C26H48O6/c1-2-3-4-5-6-7-8-9-10-11-12-13-14-15-17-22(25(29)30)18-16-19-23(26(31)32)20-21-24(27)28/h22-23H,2-21H2,1H3,(H,27,28)(H,29,30)(H,31,32). The number of carboxylic acids is 3. The molecule has 2 atom stereocenters. The van der Waals surface area contributed by atoms with Crippen LogP contribution in [0.3, 0.4) is 0 Å². The zero-order chi connectivity index (χ0) is 24.0. The van der Waals surface area contributed by atoms with Gasteiger partial charge in [0.25, 0.3) is 0 Å². The van der Waals surface area contributed by atoms with Crippen molar-refractivity contribution < 1.29 is 29.7 Å². The first kappa shape index (κ1) is 30.4. The lowest BCUT2D eigenvalue weighted by Crippen LogP contribution is -2.17. The molecule has 0 spiro atoms. The largest absolute Gasteiger partial charge is 0.481 e. The van der Waals surface area contributed by atoms with Crippen LogP contribution < -0.4 is 0 Å². The fourth-order valence-corrected chi connectivity index (χ4v) is 4.28. The molecule has 0 aromatic carbocycles. The van der Waals surface area contributed by atoms with E-state index in [0.29, 0.717) is 25.7 Å². The average molecular weight is 457 g/mol. The highest BCUT2D eigenvalue weighted by atomic mass is 16.4. The lowest BCUT2D eigenvalue weighted by atomic mass is 9.91. The fraction of sp³-hybridized carbons (Fsp3) is 0.885. The first-order valence-electron chi connectivity index (χ1n) is 13.1. The number of carboxylic acid groups (broad SMARTS) is 3. The summed E-state index contributed by atoms with van der Waals surface area (Å²) in [5.41, 5.74) is 0. The van der Waals surface area contributed by atoms with Gasteiger partial charge in [-0.15, -0.1) is 0 Å². The summed E-state index contributed by atoms with van der Waals surface area (Å²) in [6, 6.07) is 0. The van der Waals surface area contributed by atoms with Gasteiger partial charge in [0.1, 0.15) is 0 Å². The molecule has 0 aliphatic heterocycles. The molecule has 188 valence electrons. The van der Waals surface area contributed by atoms with Crippen LogP contribution in [0, 0.1) is 11.8 Å². The SMILES string of the molecule is CCCCCCCCCCCCCCCCC(CCCC(CCC(=O)O)C(=O)O)C(=O)O. The Hall–Kier alpha value is -1.59. The van der Waals surface area contributed by atoms with Crippen molar-refractivity contribution in [3.05, 3.63) is 0 Å². The second kappa shape index (κ2) is 21.3. The topological polar surface area (TPSA) is 112 Å². The molecule has 32 heavy (non-hydrogen) atoms. The molecule has 0 fully saturated rings. The third kappa shape index (κ3) is 19.1. The van der Waals surface area contributed by atoms with Gasteiger partial charge in [0.05, 0.1) is 11.8 Å². The molecule has 0 heterocycles. The van der Waals surface area contributed by atoms with Gasteiger partial charge < -0.3 is 15.3 Å². The van der Waals surface area contributed by atoms with Gasteiger partial charge in [-0.3, -0.25) is 14.4 Å². The van der Waals surface area contributed by atoms with Gasteiger partial charge in [0.15, 0.2) is 0 Å². The Morgan fingerprint density at radius 1 is 0.500 bits per heavy atom. The number of unbranched alkanes of at least 4 members (excludes halogenated alkanes) is 13. The first-order chi connectivity index (χ1) is 15.4. The molecule has 0 aliphatic carbocycles. The molecular weight excluding hydrogens is 408 g/mol. The Labute approximate surface area is 195 Å². The molecule has 0 aromatic rings. The lowest BCUT2D eigenvalue weighted by molar-refractivity contribution is -0.143. The van der Waals surface area contributed by atoms with E-state index < -0.39 is 29.7 Å². The second-order valence-corrected chi connectivity index (χ2v) is 9.32. The average Bonchev–Trinajstić information content (AvgIpc) is 2.74. The summed E-state index contributed by atoms with van der Waals surface area (Å²) in [5, 5.41) is 27.3. The van der Waals surface area contributed by atoms with Crippen molar-refractivity contribution in [1.29, 1.82) is 0 Å². The van der Waals surface area contributed by atoms with Crippen molar-refractivity contribution in [2.75, 3.05) is 0 Å². The van der Waals surface area contributed by atoms with E-state index in [4.69, 9.17) is 5.11 Å². The molecule has 0 saturated heterocycles. The highest BCUT2D eigenvalue weighted by Gasteiger charge is 2.21. The monoisotopic (exact) mass is 456 g/mol. The van der Waals surface area contributed by atoms with Crippen LogP contribution in [0.1, 0.15) is 135 Å². The Balaban J connectivity index is 3.73. The zero-order valence-electron chi connectivity index (χ0n) is 20.4. The molecule has 6 nitrogen and oxygen atoms in total. The second-order valence-electron chi connectivity index (χ2n) is 9.32. The summed E-state index contributed by atoms with van der Waals surface area (Å²) in [7, 11) is 0. The summed E-state index contributed by atoms with van der Waals surface area (Å²) in [4.78, 5) is 33.4. The van der Waals surface area contributed by atoms with Gasteiger partial charge in [-0.05, 0) is 25.7 Å². The maximum atomic E-state index is 11.5. The minimum Gasteiger partial charge on any atom is -0.481 e. The van der Waals surface area contributed by atoms with E-state index in [1.54, 1.807) is 0 Å². The van der Waals surface area contributed by atoms with Crippen LogP contribution in [0.2, 0.25) is 0 Å². The van der Waals surface area contributed by atoms with Gasteiger partial charge >= 0.3 is 17.9 Å². The summed E-state index contributed by atoms with van der Waals surface area (Å²) < 4.78 is 0. The number of rotatable bonds is 24. The van der Waals surface area contributed by atoms with E-state index in [-0.39, 0.29) is 12.8 Å². The predicted molar refractivity (Wildman–Crippen MR) is 128 cm³/mol. The van der Waals surface area contributed by atoms with Crippen LogP contribution in [0.25, 0.3) is 0 Å². The third-order valence-corrected chi connectivity index (χ3v) is 6.42. The molecule has 2 unspecified atom stereocenters. The summed E-state index contributed by atoms with van der Waals surface area (Å²) in [5.74, 6) is -3.94. The van der Waals surface area contributed by atoms with Gasteiger partial charge in [0, 0.05) is 6.42 Å². The van der Waals surface area contributed by atoms with Gasteiger partial charge in [-0.2, -0.15) is 0 Å². The van der Waals surface area contributed by atoms with E-state index >= 15 is 0 Å². The molecule has 0 rings (SSSR count). The molecule has 3 N–H and O–H groups in total. The molecule has 0 saturated carbocycles. The van der Waals surface area contributed by atoms with E-state index in [2.05, 4.69) is 6.92 Å². The normalized spacial score (nSPS) is 13.0. The Morgan fingerprint density at radius 2 is 0.844 bits per heavy atom. The maximum Gasteiger partial charge on any atom is 0.306 e. The fourth-order valence-electron chi connectivity index (χ4n) is 4.28. The number of hydrogen-bond acceptors (Lipinski definition) is 3. The quantitative estimate of drug-likeness (QED) is 0.131. The molecule has 0 amide bonds. The van der Waals surface area contributed by atoms with Crippen molar-refractivity contribution in [1.82, 2.24) is 0 Å². The molecule has 0 bridgehead atoms. The number of hydrogen-bond donors (Lipinski definition) is 3. The Bertz CT molecular complexity index is 491. The van der Waals surface area contributed by atoms with Crippen LogP contribution in [0.5, 0.6) is 0 Å². The van der Waals surface area contributed by atoms with Crippen LogP contribution in [-0.2, 0) is 14.4 Å². The molecule has 0 aliphatic rings. The lowest BCUT2D eigenvalue weighted by Gasteiger charge is -2.15. The van der Waals surface area contributed by atoms with Crippen molar-refractivity contribution in [3.63, 3.8) is 0 Å². The Kier molecular flexibility index (Phi) is 20.2. The smallest absolute Gasteiger partial charge is 0.306 e. The van der Waals surface area contributed by atoms with E-state index in [0.717, 1.165) is 19.3 Å². The minimum absolute atomic E-state index is 0.0986. The number of aliphatic carboxylic acids is 3. The molecule has 0 radical (unpaired) electrons. The van der Waals surface area contributed by atoms with Crippen molar-refractivity contribution >= 4 is 17.9 Å². The third-order valence-electron chi connectivity index (χ3n) is 6.42. The minimum atomic E-state index is -1.00. The van der Waals surface area contributed by atoms with Crippen molar-refractivity contribution in [3.8, 4) is 0 Å². The summed E-state index contributed by atoms with van der Waals surface area (Å²) in [6.45, 7) is 2.25. The van der Waals surface area contributed by atoms with Crippen LogP contribution in [0.15, 0.2) is 0 Å². The van der Waals surface area contributed by atoms with E-state index in [9.17, 15) is 24.6 Å². The highest BCUT2D eigenvalue weighted by Crippen LogP contribution is 2.22. The van der Waals surface area contributed by atoms with Crippen LogP contribution >= 0.6 is 0 Å². The van der Waals surface area contributed by atoms with Crippen molar-refractivity contribution in [2.45, 2.75) is 135 Å². The summed E-state index contributed by atoms with van der Waals surface area (Å²) in [6.07, 6.45) is 19.7. The molecule has 6 heteroatoms. The Morgan fingerprint density at radius 3 is 1.22 bits per heavy atom.